The van der Waals surface area contributed by atoms with Gasteiger partial charge in [0.05, 0.1) is 21.5 Å². The van der Waals surface area contributed by atoms with Crippen molar-refractivity contribution in [2.75, 3.05) is 6.61 Å². The van der Waals surface area contributed by atoms with Gasteiger partial charge in [-0.1, -0.05) is 40.9 Å². The van der Waals surface area contributed by atoms with Gasteiger partial charge >= 0.3 is 0 Å². The molecule has 1 aromatic carbocycles. The summed E-state index contributed by atoms with van der Waals surface area (Å²) in [4.78, 5) is 12.6. The van der Waals surface area contributed by atoms with E-state index in [1.54, 1.807) is 12.1 Å². The van der Waals surface area contributed by atoms with E-state index in [9.17, 15) is 4.79 Å². The number of hydrogen-bond acceptors (Lipinski definition) is 3. The lowest BCUT2D eigenvalue weighted by molar-refractivity contribution is 0.0977. The van der Waals surface area contributed by atoms with E-state index < -0.39 is 0 Å². The predicted molar refractivity (Wildman–Crippen MR) is 84.9 cm³/mol. The Morgan fingerprint density at radius 1 is 1.20 bits per heavy atom. The first-order valence-corrected chi connectivity index (χ1v) is 7.93. The average Bonchev–Trinajstić information content (AvgIpc) is 2.90. The molecule has 0 aliphatic heterocycles. The van der Waals surface area contributed by atoms with Crippen LogP contribution in [0, 0.1) is 0 Å². The van der Waals surface area contributed by atoms with E-state index >= 15 is 0 Å². The molecule has 20 heavy (non-hydrogen) atoms. The minimum atomic E-state index is 0.122. The molecular weight excluding hydrogens is 339 g/mol. The van der Waals surface area contributed by atoms with Crippen molar-refractivity contribution in [2.45, 2.75) is 12.8 Å². The molecule has 0 saturated heterocycles. The molecule has 0 saturated carbocycles. The number of benzene rings is 1. The lowest BCUT2D eigenvalue weighted by atomic mass is 10.2. The number of ketones is 1. The van der Waals surface area contributed by atoms with Crippen molar-refractivity contribution in [3.63, 3.8) is 0 Å². The van der Waals surface area contributed by atoms with Crippen molar-refractivity contribution in [1.82, 2.24) is 0 Å². The van der Waals surface area contributed by atoms with Crippen molar-refractivity contribution in [2.24, 2.45) is 0 Å². The fourth-order valence-corrected chi connectivity index (χ4v) is 3.25. The van der Waals surface area contributed by atoms with Crippen molar-refractivity contribution >= 4 is 51.9 Å². The summed E-state index contributed by atoms with van der Waals surface area (Å²) in [6.45, 7) is 0.373. The zero-order valence-corrected chi connectivity index (χ0v) is 13.5. The van der Waals surface area contributed by atoms with Gasteiger partial charge in [-0.3, -0.25) is 4.79 Å². The smallest absolute Gasteiger partial charge is 0.172 e. The molecule has 6 heteroatoms. The summed E-state index contributed by atoms with van der Waals surface area (Å²) in [5.41, 5.74) is 0. The molecule has 0 bridgehead atoms. The molecule has 106 valence electrons. The Bertz CT molecular complexity index is 573. The molecule has 1 aromatic heterocycles. The van der Waals surface area contributed by atoms with Crippen LogP contribution in [0.15, 0.2) is 29.6 Å². The maximum atomic E-state index is 11.8. The Balaban J connectivity index is 1.83. The van der Waals surface area contributed by atoms with Crippen molar-refractivity contribution in [3.8, 4) is 5.75 Å². The van der Waals surface area contributed by atoms with E-state index in [4.69, 9.17) is 39.5 Å². The van der Waals surface area contributed by atoms with Crippen LogP contribution >= 0.6 is 46.1 Å². The van der Waals surface area contributed by atoms with Gasteiger partial charge in [0.25, 0.3) is 0 Å². The van der Waals surface area contributed by atoms with E-state index in [2.05, 4.69) is 0 Å². The molecule has 1 heterocycles. The second-order valence-corrected chi connectivity index (χ2v) is 6.25. The first-order valence-electron chi connectivity index (χ1n) is 5.92. The lowest BCUT2D eigenvalue weighted by Crippen LogP contribution is -2.03. The minimum Gasteiger partial charge on any atom is -0.490 e. The monoisotopic (exact) mass is 348 g/mol. The number of halogens is 3. The Hall–Kier alpha value is -0.740. The molecule has 2 aromatic rings. The minimum absolute atomic E-state index is 0.122. The number of carbonyl (C=O) groups is 1. The molecule has 0 aliphatic carbocycles. The predicted octanol–water partition coefficient (Wildman–Crippen LogP) is 5.75. The average molecular weight is 350 g/mol. The van der Waals surface area contributed by atoms with Gasteiger partial charge < -0.3 is 4.74 Å². The fraction of sp³-hybridized carbons (Fsp3) is 0.214. The fourth-order valence-electron chi connectivity index (χ4n) is 1.63. The van der Waals surface area contributed by atoms with Crippen LogP contribution < -0.4 is 4.74 Å². The summed E-state index contributed by atoms with van der Waals surface area (Å²) in [7, 11) is 0. The van der Waals surface area contributed by atoms with Gasteiger partial charge in [0, 0.05) is 11.4 Å². The molecule has 0 N–H and O–H groups in total. The highest BCUT2D eigenvalue weighted by Gasteiger charge is 2.10. The van der Waals surface area contributed by atoms with Crippen LogP contribution in [0.2, 0.25) is 15.1 Å². The maximum absolute atomic E-state index is 11.8. The summed E-state index contributed by atoms with van der Waals surface area (Å²) < 4.78 is 5.52. The quantitative estimate of drug-likeness (QED) is 0.490. The molecule has 0 atom stereocenters. The number of rotatable bonds is 6. The van der Waals surface area contributed by atoms with E-state index in [1.165, 1.54) is 11.3 Å². The topological polar surface area (TPSA) is 26.3 Å². The maximum Gasteiger partial charge on any atom is 0.172 e. The van der Waals surface area contributed by atoms with Gasteiger partial charge in [0.15, 0.2) is 11.5 Å². The summed E-state index contributed by atoms with van der Waals surface area (Å²) in [6.07, 6.45) is 1.04. The Kier molecular flexibility index (Phi) is 5.73. The van der Waals surface area contributed by atoms with Gasteiger partial charge in [-0.2, -0.15) is 0 Å². The number of carbonyl (C=O) groups excluding carboxylic acids is 1. The highest BCUT2D eigenvalue weighted by atomic mass is 35.5. The van der Waals surface area contributed by atoms with Crippen molar-refractivity contribution in [1.29, 1.82) is 0 Å². The summed E-state index contributed by atoms with van der Waals surface area (Å²) in [5.74, 6) is 0.526. The van der Waals surface area contributed by atoms with Crippen LogP contribution in [0.25, 0.3) is 0 Å². The van der Waals surface area contributed by atoms with E-state index in [0.29, 0.717) is 40.3 Å². The first-order chi connectivity index (χ1) is 9.58. The highest BCUT2D eigenvalue weighted by molar-refractivity contribution is 7.12. The van der Waals surface area contributed by atoms with E-state index in [-0.39, 0.29) is 5.78 Å². The molecule has 0 spiro atoms. The Morgan fingerprint density at radius 3 is 2.50 bits per heavy atom. The molecule has 0 aliphatic rings. The highest BCUT2D eigenvalue weighted by Crippen LogP contribution is 2.35. The number of hydrogen-bond donors (Lipinski definition) is 0. The van der Waals surface area contributed by atoms with Crippen LogP contribution in [0.1, 0.15) is 22.5 Å². The number of Topliss-reactive ketones (excluding diaryl/α,β-unsaturated/α-hetero) is 1. The Morgan fingerprint density at radius 2 is 1.90 bits per heavy atom. The molecule has 0 unspecified atom stereocenters. The molecule has 0 fully saturated rings. The largest absolute Gasteiger partial charge is 0.490 e. The van der Waals surface area contributed by atoms with Crippen LogP contribution in [0.5, 0.6) is 5.75 Å². The zero-order chi connectivity index (χ0) is 14.5. The second kappa shape index (κ2) is 7.32. The second-order valence-electron chi connectivity index (χ2n) is 4.05. The lowest BCUT2D eigenvalue weighted by Gasteiger charge is -2.09. The van der Waals surface area contributed by atoms with Gasteiger partial charge in [0.1, 0.15) is 0 Å². The van der Waals surface area contributed by atoms with Crippen LogP contribution in [0.3, 0.4) is 0 Å². The van der Waals surface area contributed by atoms with E-state index in [0.717, 1.165) is 4.88 Å². The molecule has 0 amide bonds. The summed E-state index contributed by atoms with van der Waals surface area (Å²) in [5, 5.41) is 3.08. The third-order valence-corrected chi connectivity index (χ3v) is 4.24. The first kappa shape index (κ1) is 15.6. The van der Waals surface area contributed by atoms with Gasteiger partial charge in [-0.05, 0) is 30.0 Å². The Labute approximate surface area is 136 Å². The third kappa shape index (κ3) is 4.13. The summed E-state index contributed by atoms with van der Waals surface area (Å²) >= 11 is 19.3. The van der Waals surface area contributed by atoms with Crippen LogP contribution in [-0.4, -0.2) is 12.4 Å². The third-order valence-electron chi connectivity index (χ3n) is 2.55. The normalized spacial score (nSPS) is 10.6. The van der Waals surface area contributed by atoms with Crippen LogP contribution in [0.4, 0.5) is 0 Å². The van der Waals surface area contributed by atoms with Crippen molar-refractivity contribution in [3.05, 3.63) is 49.6 Å². The molecule has 2 rings (SSSR count). The molecule has 2 nitrogen and oxygen atoms in total. The molecule has 0 radical (unpaired) electrons. The van der Waals surface area contributed by atoms with E-state index in [1.807, 2.05) is 17.5 Å². The summed E-state index contributed by atoms with van der Waals surface area (Å²) in [6, 6.07) is 6.82. The molecular formula is C14H11Cl3O2S. The standard InChI is InChI=1S/C14H11Cl3O2S/c15-9-7-10(16)14(11(17)8-9)19-5-1-3-12(18)13-4-2-6-20-13/h2,4,6-8H,1,3,5H2. The van der Waals surface area contributed by atoms with Crippen molar-refractivity contribution < 1.29 is 9.53 Å². The van der Waals surface area contributed by atoms with Crippen LogP contribution in [-0.2, 0) is 0 Å². The van der Waals surface area contributed by atoms with Gasteiger partial charge in [-0.15, -0.1) is 11.3 Å². The van der Waals surface area contributed by atoms with Gasteiger partial charge in [0.2, 0.25) is 0 Å². The van der Waals surface area contributed by atoms with Gasteiger partial charge in [-0.25, -0.2) is 0 Å². The zero-order valence-electron chi connectivity index (χ0n) is 10.4. The SMILES string of the molecule is O=C(CCCOc1c(Cl)cc(Cl)cc1Cl)c1cccs1. The number of thiophene rings is 1. The number of ether oxygens (including phenoxy) is 1.